The lowest BCUT2D eigenvalue weighted by atomic mass is 10.0. The van der Waals surface area contributed by atoms with Crippen LogP contribution in [0, 0.1) is 5.92 Å². The third kappa shape index (κ3) is 8.47. The van der Waals surface area contributed by atoms with Gasteiger partial charge >= 0.3 is 5.97 Å². The van der Waals surface area contributed by atoms with Crippen molar-refractivity contribution >= 4 is 17.6 Å². The minimum Gasteiger partial charge on any atom is -0.425 e. The molecule has 1 heterocycles. The summed E-state index contributed by atoms with van der Waals surface area (Å²) in [5.74, 6) is 0.121. The van der Waals surface area contributed by atoms with Crippen LogP contribution < -0.4 is 4.74 Å². The summed E-state index contributed by atoms with van der Waals surface area (Å²) in [4.78, 5) is 16.6. The summed E-state index contributed by atoms with van der Waals surface area (Å²) >= 11 is 6.05. The molecular formula is C26H36ClNO2. The Labute approximate surface area is 187 Å². The highest BCUT2D eigenvalue weighted by Gasteiger charge is 2.21. The van der Waals surface area contributed by atoms with Crippen LogP contribution >= 0.6 is 11.6 Å². The van der Waals surface area contributed by atoms with Crippen LogP contribution in [0.25, 0.3) is 11.3 Å². The fraction of sp³-hybridized carbons (Fsp3) is 0.538. The van der Waals surface area contributed by atoms with Crippen LogP contribution in [0.2, 0.25) is 0 Å². The maximum Gasteiger partial charge on any atom is 0.329 e. The lowest BCUT2D eigenvalue weighted by Crippen LogP contribution is -2.25. The van der Waals surface area contributed by atoms with Gasteiger partial charge in [-0.1, -0.05) is 71.8 Å². The van der Waals surface area contributed by atoms with E-state index >= 15 is 0 Å². The zero-order valence-corrected chi connectivity index (χ0v) is 19.5. The topological polar surface area (TPSA) is 39.2 Å². The Morgan fingerprint density at radius 2 is 1.57 bits per heavy atom. The maximum absolute atomic E-state index is 12.0. The molecule has 164 valence electrons. The summed E-state index contributed by atoms with van der Waals surface area (Å²) in [6.07, 6.45) is 13.8. The molecule has 2 aromatic rings. The highest BCUT2D eigenvalue weighted by atomic mass is 35.5. The van der Waals surface area contributed by atoms with E-state index in [0.717, 1.165) is 17.7 Å². The summed E-state index contributed by atoms with van der Waals surface area (Å²) in [6, 6.07) is 11.6. The maximum atomic E-state index is 12.0. The van der Waals surface area contributed by atoms with Crippen molar-refractivity contribution in [3.8, 4) is 17.0 Å². The number of unbranched alkanes of at least 4 members (excludes halogenated alkanes) is 7. The Balaban J connectivity index is 1.77. The van der Waals surface area contributed by atoms with Crippen molar-refractivity contribution in [2.45, 2.75) is 83.9 Å². The van der Waals surface area contributed by atoms with Gasteiger partial charge in [0.25, 0.3) is 0 Å². The lowest BCUT2D eigenvalue weighted by molar-refractivity contribution is -0.134. The second-order valence-electron chi connectivity index (χ2n) is 8.37. The number of hydrogen-bond donors (Lipinski definition) is 0. The van der Waals surface area contributed by atoms with Crippen LogP contribution in [0.5, 0.6) is 5.75 Å². The average Bonchev–Trinajstić information content (AvgIpc) is 2.76. The molecule has 0 N–H and O–H groups in total. The number of alkyl halides is 1. The summed E-state index contributed by atoms with van der Waals surface area (Å²) < 4.78 is 5.35. The molecule has 1 atom stereocenters. The zero-order chi connectivity index (χ0) is 21.8. The van der Waals surface area contributed by atoms with Gasteiger partial charge in [0.2, 0.25) is 0 Å². The van der Waals surface area contributed by atoms with E-state index in [1.165, 1.54) is 56.9 Å². The lowest BCUT2D eigenvalue weighted by Gasteiger charge is -2.12. The number of ether oxygens (including phenoxy) is 1. The second-order valence-corrected chi connectivity index (χ2v) is 8.84. The Kier molecular flexibility index (Phi) is 10.9. The minimum atomic E-state index is -0.639. The number of aromatic nitrogens is 1. The fourth-order valence-electron chi connectivity index (χ4n) is 3.34. The Morgan fingerprint density at radius 1 is 0.933 bits per heavy atom. The van der Waals surface area contributed by atoms with Gasteiger partial charge in [-0.25, -0.2) is 0 Å². The van der Waals surface area contributed by atoms with Gasteiger partial charge in [0, 0.05) is 11.8 Å². The van der Waals surface area contributed by atoms with E-state index in [1.54, 1.807) is 12.1 Å². The zero-order valence-electron chi connectivity index (χ0n) is 18.7. The number of rotatable bonds is 13. The minimum absolute atomic E-state index is 0.0342. The number of carbonyl (C=O) groups excluding carboxylic acids is 1. The van der Waals surface area contributed by atoms with E-state index in [2.05, 4.69) is 24.0 Å². The van der Waals surface area contributed by atoms with Gasteiger partial charge in [-0.3, -0.25) is 9.78 Å². The Bertz CT molecular complexity index is 741. The number of benzene rings is 1. The molecule has 0 radical (unpaired) electrons. The molecule has 0 spiro atoms. The number of hydrogen-bond acceptors (Lipinski definition) is 3. The summed E-state index contributed by atoms with van der Waals surface area (Å²) in [5, 5.41) is -0.639. The van der Waals surface area contributed by atoms with Gasteiger partial charge in [-0.05, 0) is 54.7 Å². The summed E-state index contributed by atoms with van der Waals surface area (Å²) in [6.45, 7) is 6.05. The monoisotopic (exact) mass is 429 g/mol. The predicted octanol–water partition coefficient (Wildman–Crippen LogP) is 7.60. The van der Waals surface area contributed by atoms with Crippen LogP contribution in [0.3, 0.4) is 0 Å². The fourth-order valence-corrected chi connectivity index (χ4v) is 3.39. The van der Waals surface area contributed by atoms with Crippen molar-refractivity contribution in [1.82, 2.24) is 4.98 Å². The Hall–Kier alpha value is -1.87. The van der Waals surface area contributed by atoms with Crippen LogP contribution in [0.4, 0.5) is 0 Å². The molecule has 0 aliphatic rings. The number of halogens is 1. The molecule has 0 bridgehead atoms. The molecule has 1 unspecified atom stereocenters. The molecule has 2 rings (SSSR count). The molecule has 0 fully saturated rings. The standard InChI is InChI=1S/C26H36ClNO2/c1-4-5-6-7-8-9-10-11-12-21-13-18-24(28-19-21)22-14-16-23(17-15-22)30-26(29)25(27)20(2)3/h13-20,25H,4-12H2,1-3H3. The van der Waals surface area contributed by atoms with Gasteiger partial charge in [0.15, 0.2) is 0 Å². The van der Waals surface area contributed by atoms with Gasteiger partial charge in [0.05, 0.1) is 5.69 Å². The van der Waals surface area contributed by atoms with Crippen molar-refractivity contribution in [3.05, 3.63) is 48.2 Å². The smallest absolute Gasteiger partial charge is 0.329 e. The molecular weight excluding hydrogens is 394 g/mol. The van der Waals surface area contributed by atoms with E-state index in [0.29, 0.717) is 5.75 Å². The normalized spacial score (nSPS) is 12.2. The molecule has 30 heavy (non-hydrogen) atoms. The number of aryl methyl sites for hydroxylation is 1. The van der Waals surface area contributed by atoms with Gasteiger partial charge in [0.1, 0.15) is 11.1 Å². The van der Waals surface area contributed by atoms with Crippen LogP contribution in [-0.4, -0.2) is 16.3 Å². The van der Waals surface area contributed by atoms with Crippen molar-refractivity contribution in [2.24, 2.45) is 5.92 Å². The van der Waals surface area contributed by atoms with Crippen LogP contribution in [0.15, 0.2) is 42.6 Å². The van der Waals surface area contributed by atoms with E-state index in [9.17, 15) is 4.79 Å². The molecule has 3 nitrogen and oxygen atoms in total. The van der Waals surface area contributed by atoms with Crippen molar-refractivity contribution in [2.75, 3.05) is 0 Å². The van der Waals surface area contributed by atoms with Gasteiger partial charge in [-0.15, -0.1) is 11.6 Å². The largest absolute Gasteiger partial charge is 0.425 e. The number of nitrogens with zero attached hydrogens (tertiary/aromatic N) is 1. The summed E-state index contributed by atoms with van der Waals surface area (Å²) in [7, 11) is 0. The first-order chi connectivity index (χ1) is 14.5. The van der Waals surface area contributed by atoms with Crippen molar-refractivity contribution in [3.63, 3.8) is 0 Å². The number of pyridine rings is 1. The average molecular weight is 430 g/mol. The molecule has 1 aromatic heterocycles. The van der Waals surface area contributed by atoms with Crippen molar-refractivity contribution in [1.29, 1.82) is 0 Å². The van der Waals surface area contributed by atoms with Gasteiger partial charge in [-0.2, -0.15) is 0 Å². The summed E-state index contributed by atoms with van der Waals surface area (Å²) in [5.41, 5.74) is 3.21. The number of carbonyl (C=O) groups is 1. The predicted molar refractivity (Wildman–Crippen MR) is 126 cm³/mol. The first-order valence-corrected chi connectivity index (χ1v) is 11.9. The molecule has 0 saturated carbocycles. The second kappa shape index (κ2) is 13.4. The molecule has 0 saturated heterocycles. The highest BCUT2D eigenvalue weighted by molar-refractivity contribution is 6.30. The van der Waals surface area contributed by atoms with E-state index in [4.69, 9.17) is 16.3 Å². The first-order valence-electron chi connectivity index (χ1n) is 11.4. The molecule has 1 aromatic carbocycles. The quantitative estimate of drug-likeness (QED) is 0.142. The Morgan fingerprint density at radius 3 is 2.13 bits per heavy atom. The third-order valence-electron chi connectivity index (χ3n) is 5.32. The van der Waals surface area contributed by atoms with Crippen molar-refractivity contribution < 1.29 is 9.53 Å². The molecule has 0 aliphatic heterocycles. The highest BCUT2D eigenvalue weighted by Crippen LogP contribution is 2.23. The third-order valence-corrected chi connectivity index (χ3v) is 6.00. The van der Waals surface area contributed by atoms with E-state index in [-0.39, 0.29) is 5.92 Å². The van der Waals surface area contributed by atoms with E-state index < -0.39 is 11.3 Å². The number of esters is 1. The molecule has 4 heteroatoms. The SMILES string of the molecule is CCCCCCCCCCc1ccc(-c2ccc(OC(=O)C(Cl)C(C)C)cc2)nc1. The molecule has 0 amide bonds. The van der Waals surface area contributed by atoms with E-state index in [1.807, 2.05) is 32.2 Å². The van der Waals surface area contributed by atoms with Crippen LogP contribution in [0.1, 0.15) is 77.7 Å². The molecule has 0 aliphatic carbocycles. The van der Waals surface area contributed by atoms with Gasteiger partial charge < -0.3 is 4.74 Å². The van der Waals surface area contributed by atoms with Crippen LogP contribution in [-0.2, 0) is 11.2 Å². The first kappa shape index (κ1) is 24.4.